The van der Waals surface area contributed by atoms with Crippen molar-refractivity contribution in [1.82, 2.24) is 20.1 Å². The minimum absolute atomic E-state index is 0.0327. The van der Waals surface area contributed by atoms with Crippen LogP contribution < -0.4 is 0 Å². The Balaban J connectivity index is 1.39. The second-order valence-electron chi connectivity index (χ2n) is 8.01. The molecule has 0 saturated heterocycles. The van der Waals surface area contributed by atoms with Crippen LogP contribution in [0.3, 0.4) is 0 Å². The van der Waals surface area contributed by atoms with Crippen LogP contribution in [0, 0.1) is 13.8 Å². The number of imidazole rings is 1. The highest BCUT2D eigenvalue weighted by molar-refractivity contribution is 7.10. The highest BCUT2D eigenvalue weighted by atomic mass is 32.1. The lowest BCUT2D eigenvalue weighted by Gasteiger charge is -2.06. The van der Waals surface area contributed by atoms with Gasteiger partial charge in [-0.15, -0.1) is 11.3 Å². The first-order valence-corrected chi connectivity index (χ1v) is 11.1. The van der Waals surface area contributed by atoms with Crippen molar-refractivity contribution in [2.24, 2.45) is 0 Å². The van der Waals surface area contributed by atoms with Gasteiger partial charge >= 0.3 is 0 Å². The number of ketones is 1. The van der Waals surface area contributed by atoms with Crippen LogP contribution in [0.15, 0.2) is 40.2 Å². The van der Waals surface area contributed by atoms with E-state index in [1.54, 1.807) is 11.3 Å². The van der Waals surface area contributed by atoms with Gasteiger partial charge in [0.1, 0.15) is 0 Å². The van der Waals surface area contributed by atoms with Gasteiger partial charge in [-0.25, -0.2) is 4.98 Å². The molecule has 1 aliphatic carbocycles. The van der Waals surface area contributed by atoms with Crippen LogP contribution in [0.2, 0.25) is 0 Å². The van der Waals surface area contributed by atoms with E-state index in [0.29, 0.717) is 24.0 Å². The van der Waals surface area contributed by atoms with E-state index in [2.05, 4.69) is 57.4 Å². The van der Waals surface area contributed by atoms with Gasteiger partial charge in [-0.2, -0.15) is 4.98 Å². The second kappa shape index (κ2) is 7.74. The van der Waals surface area contributed by atoms with Crippen LogP contribution in [0.25, 0.3) is 22.9 Å². The van der Waals surface area contributed by atoms with Crippen LogP contribution in [0.1, 0.15) is 63.3 Å². The highest BCUT2D eigenvalue weighted by Crippen LogP contribution is 2.34. The highest BCUT2D eigenvalue weighted by Gasteiger charge is 2.22. The number of hydrogen-bond donors (Lipinski definition) is 1. The van der Waals surface area contributed by atoms with Gasteiger partial charge in [0, 0.05) is 34.5 Å². The Kier molecular flexibility index (Phi) is 4.90. The number of fused-ring (bicyclic) bond motifs is 1. The molecule has 1 aliphatic rings. The molecule has 0 fully saturated rings. The number of Topliss-reactive ketones (excluding diaryl/α,β-unsaturated/α-hetero) is 1. The Morgan fingerprint density at radius 1 is 1.26 bits per heavy atom. The lowest BCUT2D eigenvalue weighted by molar-refractivity contribution is 0.0967. The number of aromatic nitrogens is 4. The minimum Gasteiger partial charge on any atom is -0.339 e. The van der Waals surface area contributed by atoms with E-state index >= 15 is 0 Å². The van der Waals surface area contributed by atoms with Crippen LogP contribution in [0.5, 0.6) is 0 Å². The lowest BCUT2D eigenvalue weighted by atomic mass is 10.0. The summed E-state index contributed by atoms with van der Waals surface area (Å²) >= 11 is 1.68. The summed E-state index contributed by atoms with van der Waals surface area (Å²) in [4.78, 5) is 26.2. The number of carbonyl (C=O) groups excluding carboxylic acids is 1. The van der Waals surface area contributed by atoms with Crippen molar-refractivity contribution >= 4 is 28.8 Å². The first-order valence-electron chi connectivity index (χ1n) is 10.3. The van der Waals surface area contributed by atoms with E-state index in [4.69, 9.17) is 4.52 Å². The average molecular weight is 431 g/mol. The van der Waals surface area contributed by atoms with Crippen molar-refractivity contribution in [1.29, 1.82) is 0 Å². The van der Waals surface area contributed by atoms with Crippen molar-refractivity contribution in [2.75, 3.05) is 0 Å². The van der Waals surface area contributed by atoms with E-state index in [0.717, 1.165) is 34.5 Å². The summed E-state index contributed by atoms with van der Waals surface area (Å²) in [6.45, 7) is 5.85. The molecule has 31 heavy (non-hydrogen) atoms. The molecule has 0 bridgehead atoms. The minimum atomic E-state index is 0.0327. The first-order chi connectivity index (χ1) is 15.0. The largest absolute Gasteiger partial charge is 0.339 e. The van der Waals surface area contributed by atoms with Gasteiger partial charge < -0.3 is 9.51 Å². The van der Waals surface area contributed by atoms with Crippen molar-refractivity contribution in [3.63, 3.8) is 0 Å². The van der Waals surface area contributed by atoms with E-state index in [-0.39, 0.29) is 11.7 Å². The average Bonchev–Trinajstić information content (AvgIpc) is 3.53. The van der Waals surface area contributed by atoms with Crippen molar-refractivity contribution in [3.05, 3.63) is 74.9 Å². The number of allylic oxidation sites excluding steroid dienone is 1. The summed E-state index contributed by atoms with van der Waals surface area (Å²) < 4.78 is 5.32. The van der Waals surface area contributed by atoms with Gasteiger partial charge in [-0.3, -0.25) is 4.79 Å². The third-order valence-corrected chi connectivity index (χ3v) is 6.71. The van der Waals surface area contributed by atoms with E-state index in [1.165, 1.54) is 10.4 Å². The summed E-state index contributed by atoms with van der Waals surface area (Å²) in [5.74, 6) is 1.84. The van der Waals surface area contributed by atoms with Gasteiger partial charge in [-0.1, -0.05) is 30.3 Å². The SMILES string of the molecule is Cc1noc(C2=Cc3cc(-c4nc(C(=O)CC(C)c5cccs5)[nH]c4C)ccc3C2)n1. The number of aryl methyl sites for hydroxylation is 2. The third-order valence-electron chi connectivity index (χ3n) is 5.60. The lowest BCUT2D eigenvalue weighted by Crippen LogP contribution is -2.06. The van der Waals surface area contributed by atoms with Crippen molar-refractivity contribution in [2.45, 2.75) is 39.5 Å². The number of hydrogen-bond acceptors (Lipinski definition) is 6. The second-order valence-corrected chi connectivity index (χ2v) is 8.99. The molecule has 6 nitrogen and oxygen atoms in total. The molecule has 0 spiro atoms. The molecule has 0 radical (unpaired) electrons. The number of aromatic amines is 1. The molecule has 3 heterocycles. The van der Waals surface area contributed by atoms with Gasteiger partial charge in [0.2, 0.25) is 0 Å². The summed E-state index contributed by atoms with van der Waals surface area (Å²) in [5.41, 5.74) is 6.03. The Morgan fingerprint density at radius 3 is 2.87 bits per heavy atom. The maximum absolute atomic E-state index is 12.8. The summed E-state index contributed by atoms with van der Waals surface area (Å²) in [7, 11) is 0. The molecule has 0 saturated carbocycles. The smallest absolute Gasteiger partial charge is 0.254 e. The zero-order valence-corrected chi connectivity index (χ0v) is 18.4. The van der Waals surface area contributed by atoms with Crippen molar-refractivity contribution < 1.29 is 9.32 Å². The normalized spacial score (nSPS) is 13.8. The van der Waals surface area contributed by atoms with Crippen LogP contribution in [0.4, 0.5) is 0 Å². The van der Waals surface area contributed by atoms with Crippen LogP contribution in [-0.2, 0) is 6.42 Å². The molecule has 7 heteroatoms. The predicted molar refractivity (Wildman–Crippen MR) is 121 cm³/mol. The van der Waals surface area contributed by atoms with E-state index in [9.17, 15) is 4.79 Å². The monoisotopic (exact) mass is 430 g/mol. The maximum atomic E-state index is 12.8. The number of carbonyl (C=O) groups is 1. The third kappa shape index (κ3) is 3.77. The summed E-state index contributed by atoms with van der Waals surface area (Å²) in [6.07, 6.45) is 3.29. The van der Waals surface area contributed by atoms with Crippen LogP contribution >= 0.6 is 11.3 Å². The molecule has 1 unspecified atom stereocenters. The summed E-state index contributed by atoms with van der Waals surface area (Å²) in [5, 5.41) is 5.92. The zero-order valence-electron chi connectivity index (χ0n) is 17.6. The maximum Gasteiger partial charge on any atom is 0.254 e. The Morgan fingerprint density at radius 2 is 2.13 bits per heavy atom. The fourth-order valence-corrected chi connectivity index (χ4v) is 4.75. The molecule has 5 rings (SSSR count). The molecule has 1 atom stereocenters. The zero-order chi connectivity index (χ0) is 21.5. The molecule has 4 aromatic rings. The molecular weight excluding hydrogens is 408 g/mol. The molecule has 1 aromatic carbocycles. The molecular formula is C24H22N4O2S. The van der Waals surface area contributed by atoms with E-state index < -0.39 is 0 Å². The molecule has 0 amide bonds. The fourth-order valence-electron chi connectivity index (χ4n) is 3.97. The van der Waals surface area contributed by atoms with Crippen molar-refractivity contribution in [3.8, 4) is 11.3 Å². The van der Waals surface area contributed by atoms with Gasteiger partial charge in [0.05, 0.1) is 5.69 Å². The number of H-pyrrole nitrogens is 1. The molecule has 3 aromatic heterocycles. The molecule has 1 N–H and O–H groups in total. The fraction of sp³-hybridized carbons (Fsp3) is 0.250. The van der Waals surface area contributed by atoms with E-state index in [1.807, 2.05) is 25.3 Å². The van der Waals surface area contributed by atoms with Gasteiger partial charge in [0.15, 0.2) is 17.4 Å². The summed E-state index contributed by atoms with van der Waals surface area (Å²) in [6, 6.07) is 10.4. The Labute approximate surface area is 184 Å². The number of nitrogens with one attached hydrogen (secondary N) is 1. The van der Waals surface area contributed by atoms with Gasteiger partial charge in [0.25, 0.3) is 5.89 Å². The first kappa shape index (κ1) is 19.6. The Bertz CT molecular complexity index is 1300. The molecule has 0 aliphatic heterocycles. The topological polar surface area (TPSA) is 84.7 Å². The standard InChI is InChI=1S/C24H22N4O2S/c1-13(21-5-4-8-31-21)9-20(29)23-25-14(2)22(27-23)17-7-6-16-10-19(12-18(16)11-17)24-26-15(3)28-30-24/h4-8,11-13H,9-10H2,1-3H3,(H,25,27). The molecule has 156 valence electrons. The van der Waals surface area contributed by atoms with Gasteiger partial charge in [-0.05, 0) is 54.5 Å². The number of rotatable bonds is 6. The Hall–Kier alpha value is -3.32. The predicted octanol–water partition coefficient (Wildman–Crippen LogP) is 5.61. The number of benzene rings is 1. The van der Waals surface area contributed by atoms with Crippen LogP contribution in [-0.4, -0.2) is 25.9 Å². The number of thiophene rings is 1. The quantitative estimate of drug-likeness (QED) is 0.402. The number of nitrogens with zero attached hydrogens (tertiary/aromatic N) is 3.